The Labute approximate surface area is 124 Å². The summed E-state index contributed by atoms with van der Waals surface area (Å²) >= 11 is 0. The fourth-order valence-electron chi connectivity index (χ4n) is 3.41. The van der Waals surface area contributed by atoms with Crippen molar-refractivity contribution in [3.63, 3.8) is 0 Å². The van der Waals surface area contributed by atoms with E-state index in [2.05, 4.69) is 38.0 Å². The van der Waals surface area contributed by atoms with Crippen LogP contribution in [0.3, 0.4) is 0 Å². The maximum absolute atomic E-state index is 11.8. The van der Waals surface area contributed by atoms with Crippen LogP contribution in [-0.4, -0.2) is 43.5 Å². The first kappa shape index (κ1) is 17.4. The quantitative estimate of drug-likeness (QED) is 0.809. The molecule has 4 nitrogen and oxygen atoms in total. The molecule has 4 heteroatoms. The van der Waals surface area contributed by atoms with Gasteiger partial charge in [0.05, 0.1) is 6.54 Å². The van der Waals surface area contributed by atoms with Gasteiger partial charge < -0.3 is 11.1 Å². The number of likely N-dealkylation sites (N-methyl/N-ethyl adjacent to an activating group) is 2. The van der Waals surface area contributed by atoms with Crippen molar-refractivity contribution in [3.8, 4) is 0 Å². The second kappa shape index (κ2) is 7.41. The SMILES string of the molecule is CCNC(=O)CN(C)C1CC(C(C)(C)C)CCC1CN. The molecule has 0 aliphatic heterocycles. The highest BCUT2D eigenvalue weighted by atomic mass is 16.2. The molecule has 118 valence electrons. The van der Waals surface area contributed by atoms with Crippen LogP contribution in [0.4, 0.5) is 0 Å². The molecule has 0 spiro atoms. The van der Waals surface area contributed by atoms with Gasteiger partial charge in [0.15, 0.2) is 0 Å². The van der Waals surface area contributed by atoms with Gasteiger partial charge in [0, 0.05) is 12.6 Å². The van der Waals surface area contributed by atoms with E-state index < -0.39 is 0 Å². The van der Waals surface area contributed by atoms with Gasteiger partial charge in [-0.3, -0.25) is 9.69 Å². The van der Waals surface area contributed by atoms with Crippen LogP contribution in [0.2, 0.25) is 0 Å². The minimum atomic E-state index is 0.114. The predicted octanol–water partition coefficient (Wildman–Crippen LogP) is 1.84. The Kier molecular flexibility index (Phi) is 6.46. The maximum atomic E-state index is 11.8. The monoisotopic (exact) mass is 283 g/mol. The minimum absolute atomic E-state index is 0.114. The van der Waals surface area contributed by atoms with Crippen LogP contribution in [0.5, 0.6) is 0 Å². The zero-order valence-corrected chi connectivity index (χ0v) is 13.9. The standard InChI is InChI=1S/C16H33N3O/c1-6-18-15(20)11-19(5)14-9-13(16(2,3)4)8-7-12(14)10-17/h12-14H,6-11,17H2,1-5H3,(H,18,20). The van der Waals surface area contributed by atoms with E-state index in [-0.39, 0.29) is 5.91 Å². The second-order valence-electron chi connectivity index (χ2n) is 7.31. The summed E-state index contributed by atoms with van der Waals surface area (Å²) in [5, 5.41) is 2.88. The van der Waals surface area contributed by atoms with Crippen LogP contribution in [0.15, 0.2) is 0 Å². The van der Waals surface area contributed by atoms with Gasteiger partial charge >= 0.3 is 0 Å². The molecule has 1 aliphatic rings. The van der Waals surface area contributed by atoms with Crippen LogP contribution in [0, 0.1) is 17.3 Å². The Morgan fingerprint density at radius 2 is 2.00 bits per heavy atom. The summed E-state index contributed by atoms with van der Waals surface area (Å²) in [6, 6.07) is 0.431. The van der Waals surface area contributed by atoms with Crippen LogP contribution >= 0.6 is 0 Å². The largest absolute Gasteiger partial charge is 0.355 e. The highest BCUT2D eigenvalue weighted by Gasteiger charge is 2.37. The van der Waals surface area contributed by atoms with E-state index in [0.717, 1.165) is 13.0 Å². The van der Waals surface area contributed by atoms with Crippen molar-refractivity contribution in [2.24, 2.45) is 23.0 Å². The van der Waals surface area contributed by atoms with Gasteiger partial charge in [-0.2, -0.15) is 0 Å². The topological polar surface area (TPSA) is 58.4 Å². The Balaban J connectivity index is 2.68. The Hall–Kier alpha value is -0.610. The number of hydrogen-bond donors (Lipinski definition) is 2. The third-order valence-electron chi connectivity index (χ3n) is 4.82. The lowest BCUT2D eigenvalue weighted by Gasteiger charge is -2.44. The van der Waals surface area contributed by atoms with Crippen LogP contribution in [-0.2, 0) is 4.79 Å². The van der Waals surface area contributed by atoms with Gasteiger partial charge in [-0.05, 0) is 57.0 Å². The molecule has 1 rings (SSSR count). The molecule has 0 aromatic carbocycles. The van der Waals surface area contributed by atoms with E-state index >= 15 is 0 Å². The fraction of sp³-hybridized carbons (Fsp3) is 0.938. The number of rotatable bonds is 5. The average molecular weight is 283 g/mol. The molecule has 0 radical (unpaired) electrons. The van der Waals surface area contributed by atoms with Gasteiger partial charge in [0.2, 0.25) is 5.91 Å². The first-order valence-corrected chi connectivity index (χ1v) is 7.96. The fourth-order valence-corrected chi connectivity index (χ4v) is 3.41. The van der Waals surface area contributed by atoms with Crippen molar-refractivity contribution >= 4 is 5.91 Å². The molecule has 1 saturated carbocycles. The Morgan fingerprint density at radius 1 is 1.35 bits per heavy atom. The van der Waals surface area contributed by atoms with Gasteiger partial charge in [-0.15, -0.1) is 0 Å². The van der Waals surface area contributed by atoms with Crippen molar-refractivity contribution in [1.29, 1.82) is 0 Å². The number of carbonyl (C=O) groups excluding carboxylic acids is 1. The molecule has 3 N–H and O–H groups in total. The lowest BCUT2D eigenvalue weighted by molar-refractivity contribution is -0.123. The molecule has 0 aromatic rings. The molecule has 1 fully saturated rings. The Morgan fingerprint density at radius 3 is 2.50 bits per heavy atom. The lowest BCUT2D eigenvalue weighted by Crippen LogP contribution is -2.49. The molecule has 3 unspecified atom stereocenters. The zero-order valence-electron chi connectivity index (χ0n) is 13.9. The lowest BCUT2D eigenvalue weighted by atomic mass is 9.67. The molecule has 0 bridgehead atoms. The van der Waals surface area contributed by atoms with Crippen molar-refractivity contribution < 1.29 is 4.79 Å². The summed E-state index contributed by atoms with van der Waals surface area (Å²) in [6.07, 6.45) is 3.60. The molecule has 0 saturated heterocycles. The van der Waals surface area contributed by atoms with Gasteiger partial charge in [0.25, 0.3) is 0 Å². The normalized spacial score (nSPS) is 27.6. The third-order valence-corrected chi connectivity index (χ3v) is 4.82. The second-order valence-corrected chi connectivity index (χ2v) is 7.31. The summed E-state index contributed by atoms with van der Waals surface area (Å²) in [6.45, 7) is 10.8. The molecule has 20 heavy (non-hydrogen) atoms. The molecule has 1 aliphatic carbocycles. The van der Waals surface area contributed by atoms with E-state index in [4.69, 9.17) is 5.73 Å². The molecular weight excluding hydrogens is 250 g/mol. The highest BCUT2D eigenvalue weighted by molar-refractivity contribution is 5.77. The first-order chi connectivity index (χ1) is 9.29. The van der Waals surface area contributed by atoms with Crippen molar-refractivity contribution in [2.45, 2.75) is 53.0 Å². The number of nitrogens with two attached hydrogens (primary N) is 1. The van der Waals surface area contributed by atoms with Gasteiger partial charge in [-0.1, -0.05) is 20.8 Å². The summed E-state index contributed by atoms with van der Waals surface area (Å²) in [5.41, 5.74) is 6.29. The molecular formula is C16H33N3O. The van der Waals surface area contributed by atoms with Crippen molar-refractivity contribution in [1.82, 2.24) is 10.2 Å². The highest BCUT2D eigenvalue weighted by Crippen LogP contribution is 2.41. The number of amides is 1. The van der Waals surface area contributed by atoms with Crippen molar-refractivity contribution in [3.05, 3.63) is 0 Å². The molecule has 3 atom stereocenters. The molecule has 0 heterocycles. The number of hydrogen-bond acceptors (Lipinski definition) is 3. The van der Waals surface area contributed by atoms with Gasteiger partial charge in [0.1, 0.15) is 0 Å². The molecule has 0 aromatic heterocycles. The number of carbonyl (C=O) groups is 1. The number of nitrogens with one attached hydrogen (secondary N) is 1. The van der Waals surface area contributed by atoms with Crippen LogP contribution in [0.1, 0.15) is 47.0 Å². The number of nitrogens with zero attached hydrogens (tertiary/aromatic N) is 1. The van der Waals surface area contributed by atoms with E-state index in [1.807, 2.05) is 6.92 Å². The summed E-state index contributed by atoms with van der Waals surface area (Å²) in [5.74, 6) is 1.35. The van der Waals surface area contributed by atoms with E-state index in [9.17, 15) is 4.79 Å². The molecule has 1 amide bonds. The smallest absolute Gasteiger partial charge is 0.234 e. The maximum Gasteiger partial charge on any atom is 0.234 e. The van der Waals surface area contributed by atoms with E-state index in [0.29, 0.717) is 36.4 Å². The van der Waals surface area contributed by atoms with Crippen LogP contribution < -0.4 is 11.1 Å². The minimum Gasteiger partial charge on any atom is -0.355 e. The Bertz CT molecular complexity index is 311. The predicted molar refractivity (Wildman–Crippen MR) is 84.4 cm³/mol. The van der Waals surface area contributed by atoms with Crippen LogP contribution in [0.25, 0.3) is 0 Å². The summed E-state index contributed by atoms with van der Waals surface area (Å²) in [7, 11) is 2.06. The van der Waals surface area contributed by atoms with Crippen molar-refractivity contribution in [2.75, 3.05) is 26.7 Å². The third kappa shape index (κ3) is 4.74. The average Bonchev–Trinajstić information content (AvgIpc) is 2.37. The summed E-state index contributed by atoms with van der Waals surface area (Å²) < 4.78 is 0. The zero-order chi connectivity index (χ0) is 15.3. The first-order valence-electron chi connectivity index (χ1n) is 7.96. The van der Waals surface area contributed by atoms with E-state index in [1.165, 1.54) is 12.8 Å². The summed E-state index contributed by atoms with van der Waals surface area (Å²) in [4.78, 5) is 14.0. The van der Waals surface area contributed by atoms with Gasteiger partial charge in [-0.25, -0.2) is 0 Å². The van der Waals surface area contributed by atoms with E-state index in [1.54, 1.807) is 0 Å².